The maximum Gasteiger partial charge on any atom is 0.411 e. The highest BCUT2D eigenvalue weighted by Crippen LogP contribution is 2.34. The number of alkyl halides is 3. The van der Waals surface area contributed by atoms with Crippen LogP contribution in [0.3, 0.4) is 0 Å². The second-order valence-corrected chi connectivity index (χ2v) is 9.59. The molecule has 0 saturated carbocycles. The number of allylic oxidation sites excluding steroid dienone is 1. The summed E-state index contributed by atoms with van der Waals surface area (Å²) in [6.45, 7) is 3.98. The maximum absolute atomic E-state index is 15.2. The van der Waals surface area contributed by atoms with E-state index in [0.717, 1.165) is 0 Å². The Balaban J connectivity index is 2.21. The molecule has 0 fully saturated rings. The van der Waals surface area contributed by atoms with Gasteiger partial charge in [-0.1, -0.05) is 47.8 Å². The number of nitrogens with one attached hydrogen (secondary N) is 2. The zero-order valence-corrected chi connectivity index (χ0v) is 21.8. The van der Waals surface area contributed by atoms with Gasteiger partial charge in [-0.05, 0) is 37.6 Å². The number of carbonyl (C=O) groups is 1. The Hall–Kier alpha value is -2.52. The van der Waals surface area contributed by atoms with Crippen LogP contribution in [0.4, 0.5) is 26.2 Å². The Morgan fingerprint density at radius 1 is 1.11 bits per heavy atom. The monoisotopic (exact) mass is 545 g/mol. The van der Waals surface area contributed by atoms with E-state index in [1.54, 1.807) is 50.6 Å². The standard InChI is InChI=1S/C24H27Cl3FN3O4/c1-4-6-20(22-19(28)13-18(34-12-11-33-3)14-21(22)29-5-2)30-16-7-9-17(10-8-16)31-23(32)35-15-24(25,26)27/h5-10,13-14,30H,4,11-12,15H2,1-3H3,(H,31,32)/b20-6-,29-5?. The summed E-state index contributed by atoms with van der Waals surface area (Å²) in [5, 5.41) is 5.76. The van der Waals surface area contributed by atoms with Crippen molar-refractivity contribution < 1.29 is 23.4 Å². The largest absolute Gasteiger partial charge is 0.491 e. The molecular weight excluding hydrogens is 520 g/mol. The van der Waals surface area contributed by atoms with Gasteiger partial charge in [-0.15, -0.1) is 0 Å². The van der Waals surface area contributed by atoms with Crippen molar-refractivity contribution in [3.63, 3.8) is 0 Å². The molecule has 0 aliphatic heterocycles. The van der Waals surface area contributed by atoms with Crippen molar-refractivity contribution in [2.45, 2.75) is 24.1 Å². The van der Waals surface area contributed by atoms with Crippen molar-refractivity contribution in [2.75, 3.05) is 37.6 Å². The molecule has 0 unspecified atom stereocenters. The lowest BCUT2D eigenvalue weighted by Gasteiger charge is -2.17. The van der Waals surface area contributed by atoms with Crippen molar-refractivity contribution in [2.24, 2.45) is 4.99 Å². The van der Waals surface area contributed by atoms with Crippen molar-refractivity contribution in [1.29, 1.82) is 0 Å². The smallest absolute Gasteiger partial charge is 0.411 e. The molecule has 35 heavy (non-hydrogen) atoms. The van der Waals surface area contributed by atoms with Gasteiger partial charge in [-0.25, -0.2) is 9.18 Å². The molecule has 0 aromatic heterocycles. The fourth-order valence-electron chi connectivity index (χ4n) is 2.92. The topological polar surface area (TPSA) is 81.2 Å². The first-order valence-corrected chi connectivity index (χ1v) is 11.8. The Kier molecular flexibility index (Phi) is 11.6. The van der Waals surface area contributed by atoms with Crippen LogP contribution in [0.5, 0.6) is 5.75 Å². The molecule has 11 heteroatoms. The second kappa shape index (κ2) is 14.1. The number of aliphatic imine (C=N–C) groups is 1. The fourth-order valence-corrected chi connectivity index (χ4v) is 3.08. The molecule has 190 valence electrons. The van der Waals surface area contributed by atoms with E-state index in [4.69, 9.17) is 49.0 Å². The summed E-state index contributed by atoms with van der Waals surface area (Å²) in [6.07, 6.45) is 3.33. The lowest BCUT2D eigenvalue weighted by atomic mass is 10.1. The molecule has 7 nitrogen and oxygen atoms in total. The van der Waals surface area contributed by atoms with Gasteiger partial charge in [0.1, 0.15) is 24.8 Å². The summed E-state index contributed by atoms with van der Waals surface area (Å²) in [6, 6.07) is 9.73. The number of nitrogens with zero attached hydrogens (tertiary/aromatic N) is 1. The first-order valence-electron chi connectivity index (χ1n) is 10.7. The van der Waals surface area contributed by atoms with Crippen molar-refractivity contribution in [1.82, 2.24) is 0 Å². The van der Waals surface area contributed by atoms with Crippen molar-refractivity contribution >= 4 is 69.9 Å². The number of amides is 1. The number of hydrogen-bond donors (Lipinski definition) is 2. The van der Waals surface area contributed by atoms with E-state index in [2.05, 4.69) is 15.6 Å². The van der Waals surface area contributed by atoms with Crippen LogP contribution in [0.15, 0.2) is 47.5 Å². The predicted molar refractivity (Wildman–Crippen MR) is 141 cm³/mol. The first kappa shape index (κ1) is 28.7. The molecule has 2 aromatic rings. The molecule has 0 aliphatic rings. The number of anilines is 2. The fraction of sp³-hybridized carbons (Fsp3) is 0.333. The van der Waals surface area contributed by atoms with Crippen molar-refractivity contribution in [3.8, 4) is 5.75 Å². The summed E-state index contributed by atoms with van der Waals surface area (Å²) >= 11 is 16.7. The van der Waals surface area contributed by atoms with Gasteiger partial charge >= 0.3 is 6.09 Å². The van der Waals surface area contributed by atoms with Gasteiger partial charge in [0.25, 0.3) is 0 Å². The molecule has 2 N–H and O–H groups in total. The molecule has 0 bridgehead atoms. The number of benzene rings is 2. The molecule has 2 aromatic carbocycles. The van der Waals surface area contributed by atoms with Crippen LogP contribution < -0.4 is 15.4 Å². The number of carbonyl (C=O) groups excluding carboxylic acids is 1. The van der Waals surface area contributed by atoms with Crippen LogP contribution in [-0.4, -0.2) is 43.0 Å². The summed E-state index contributed by atoms with van der Waals surface area (Å²) in [5.74, 6) is -0.125. The Morgan fingerprint density at radius 2 is 1.77 bits per heavy atom. The average Bonchev–Trinajstić information content (AvgIpc) is 2.79. The molecule has 0 atom stereocenters. The van der Waals surface area contributed by atoms with E-state index in [1.165, 1.54) is 6.07 Å². The number of halogens is 4. The minimum atomic E-state index is -1.70. The summed E-state index contributed by atoms with van der Waals surface area (Å²) in [4.78, 5) is 16.2. The molecule has 0 aliphatic carbocycles. The molecule has 0 heterocycles. The lowest BCUT2D eigenvalue weighted by Crippen LogP contribution is -2.21. The van der Waals surface area contributed by atoms with Crippen LogP contribution >= 0.6 is 34.8 Å². The van der Waals surface area contributed by atoms with E-state index in [1.807, 2.05) is 13.0 Å². The number of hydrogen-bond acceptors (Lipinski definition) is 6. The number of rotatable bonds is 11. The van der Waals surface area contributed by atoms with E-state index in [-0.39, 0.29) is 0 Å². The zero-order valence-electron chi connectivity index (χ0n) is 19.5. The summed E-state index contributed by atoms with van der Waals surface area (Å²) in [7, 11) is 1.56. The maximum atomic E-state index is 15.2. The Morgan fingerprint density at radius 3 is 2.34 bits per heavy atom. The van der Waals surface area contributed by atoms with E-state index >= 15 is 4.39 Å². The van der Waals surface area contributed by atoms with Gasteiger partial charge in [0.15, 0.2) is 0 Å². The van der Waals surface area contributed by atoms with Gasteiger partial charge in [-0.2, -0.15) is 0 Å². The summed E-state index contributed by atoms with van der Waals surface area (Å²) in [5.41, 5.74) is 2.39. The average molecular weight is 547 g/mol. The molecule has 0 radical (unpaired) electrons. The van der Waals surface area contributed by atoms with E-state index < -0.39 is 22.3 Å². The second-order valence-electron chi connectivity index (χ2n) is 7.07. The zero-order chi connectivity index (χ0) is 25.8. The summed E-state index contributed by atoms with van der Waals surface area (Å²) < 4.78 is 28.9. The number of methoxy groups -OCH3 is 1. The highest BCUT2D eigenvalue weighted by atomic mass is 35.6. The van der Waals surface area contributed by atoms with Gasteiger partial charge in [0.05, 0.1) is 17.9 Å². The van der Waals surface area contributed by atoms with Crippen LogP contribution in [0.25, 0.3) is 5.70 Å². The highest BCUT2D eigenvalue weighted by molar-refractivity contribution is 6.67. The van der Waals surface area contributed by atoms with Crippen LogP contribution in [0, 0.1) is 5.82 Å². The molecule has 1 amide bonds. The third kappa shape index (κ3) is 9.93. The SMILES string of the molecule is CC=Nc1cc(OCCOC)cc(F)c1/C(=C/CC)Nc1ccc(NC(=O)OCC(Cl)(Cl)Cl)cc1. The van der Waals surface area contributed by atoms with Gasteiger partial charge in [0, 0.05) is 42.5 Å². The van der Waals surface area contributed by atoms with Gasteiger partial charge < -0.3 is 19.5 Å². The van der Waals surface area contributed by atoms with Crippen molar-refractivity contribution in [3.05, 3.63) is 53.9 Å². The third-order valence-corrected chi connectivity index (χ3v) is 4.65. The van der Waals surface area contributed by atoms with Crippen LogP contribution in [-0.2, 0) is 9.47 Å². The normalized spacial score (nSPS) is 12.0. The highest BCUT2D eigenvalue weighted by Gasteiger charge is 2.22. The van der Waals surface area contributed by atoms with E-state index in [0.29, 0.717) is 53.7 Å². The van der Waals surface area contributed by atoms with E-state index in [9.17, 15) is 4.79 Å². The molecule has 0 spiro atoms. The first-order chi connectivity index (χ1) is 16.7. The van der Waals surface area contributed by atoms with Gasteiger partial charge in [0.2, 0.25) is 3.79 Å². The third-order valence-electron chi connectivity index (χ3n) is 4.32. The Labute approximate surface area is 219 Å². The minimum Gasteiger partial charge on any atom is -0.491 e. The predicted octanol–water partition coefficient (Wildman–Crippen LogP) is 7.35. The quantitative estimate of drug-likeness (QED) is 0.175. The van der Waals surface area contributed by atoms with Crippen LogP contribution in [0.2, 0.25) is 0 Å². The van der Waals surface area contributed by atoms with Gasteiger partial charge in [-0.3, -0.25) is 10.3 Å². The lowest BCUT2D eigenvalue weighted by molar-refractivity contribution is 0.146. The number of ether oxygens (including phenoxy) is 3. The Bertz CT molecular complexity index is 1040. The van der Waals surface area contributed by atoms with Crippen LogP contribution in [0.1, 0.15) is 25.8 Å². The molecular formula is C24H27Cl3FN3O4. The molecule has 2 rings (SSSR count). The minimum absolute atomic E-state index is 0.291. The molecule has 0 saturated heterocycles.